The molecule has 4 nitrogen and oxygen atoms in total. The average molecular weight is 326 g/mol. The maximum Gasteiger partial charge on any atom is 0.319 e. The third-order valence-corrected chi connectivity index (χ3v) is 3.38. The molecule has 0 bridgehead atoms. The molecular formula is C19H19FN2O2. The van der Waals surface area contributed by atoms with E-state index >= 15 is 0 Å². The number of ether oxygens (including phenoxy) is 1. The molecule has 0 saturated carbocycles. The highest BCUT2D eigenvalue weighted by Crippen LogP contribution is 2.15. The van der Waals surface area contributed by atoms with Gasteiger partial charge in [0.25, 0.3) is 0 Å². The molecule has 0 aliphatic rings. The third-order valence-electron chi connectivity index (χ3n) is 3.38. The Hall–Kier alpha value is -3.00. The van der Waals surface area contributed by atoms with Crippen LogP contribution in [0.1, 0.15) is 11.1 Å². The molecule has 2 aromatic carbocycles. The first kappa shape index (κ1) is 17.4. The topological polar surface area (TPSA) is 50.4 Å². The summed E-state index contributed by atoms with van der Waals surface area (Å²) < 4.78 is 18.3. The lowest BCUT2D eigenvalue weighted by molar-refractivity contribution is 0.252. The van der Waals surface area contributed by atoms with Gasteiger partial charge >= 0.3 is 6.03 Å². The van der Waals surface area contributed by atoms with Crippen LogP contribution in [0.15, 0.2) is 42.5 Å². The second-order valence-corrected chi connectivity index (χ2v) is 5.23. The van der Waals surface area contributed by atoms with Crippen LogP contribution < -0.4 is 15.4 Å². The number of nitrogens with one attached hydrogen (secondary N) is 2. The third kappa shape index (κ3) is 5.33. The van der Waals surface area contributed by atoms with Crippen molar-refractivity contribution in [2.75, 3.05) is 18.5 Å². The van der Waals surface area contributed by atoms with Gasteiger partial charge in [0.05, 0.1) is 0 Å². The van der Waals surface area contributed by atoms with Crippen molar-refractivity contribution in [3.05, 3.63) is 59.4 Å². The van der Waals surface area contributed by atoms with Crippen molar-refractivity contribution >= 4 is 11.7 Å². The lowest BCUT2D eigenvalue weighted by atomic mass is 10.1. The van der Waals surface area contributed by atoms with Gasteiger partial charge in [-0.1, -0.05) is 18.1 Å². The van der Waals surface area contributed by atoms with Gasteiger partial charge in [0, 0.05) is 12.2 Å². The fourth-order valence-electron chi connectivity index (χ4n) is 2.13. The summed E-state index contributed by atoms with van der Waals surface area (Å²) in [7, 11) is 0. The fraction of sp³-hybridized carbons (Fsp3) is 0.211. The van der Waals surface area contributed by atoms with Gasteiger partial charge in [-0.25, -0.2) is 9.18 Å². The van der Waals surface area contributed by atoms with Crippen molar-refractivity contribution in [2.45, 2.75) is 13.3 Å². The first-order valence-electron chi connectivity index (χ1n) is 7.54. The minimum Gasteiger partial charge on any atom is -0.481 e. The Morgan fingerprint density at radius 2 is 2.00 bits per heavy atom. The highest BCUT2D eigenvalue weighted by Gasteiger charge is 2.05. The maximum atomic E-state index is 13.0. The SMILES string of the molecule is C#CCOc1ccc(CCNC(=O)Nc2ccc(F)cc2C)cc1. The first-order valence-corrected chi connectivity index (χ1v) is 7.54. The smallest absolute Gasteiger partial charge is 0.319 e. The van der Waals surface area contributed by atoms with Gasteiger partial charge in [-0.2, -0.15) is 0 Å². The van der Waals surface area contributed by atoms with Crippen LogP contribution in [0.3, 0.4) is 0 Å². The largest absolute Gasteiger partial charge is 0.481 e. The van der Waals surface area contributed by atoms with Crippen LogP contribution in [-0.2, 0) is 6.42 Å². The summed E-state index contributed by atoms with van der Waals surface area (Å²) in [4.78, 5) is 11.9. The zero-order chi connectivity index (χ0) is 17.4. The van der Waals surface area contributed by atoms with Gasteiger partial charge < -0.3 is 15.4 Å². The van der Waals surface area contributed by atoms with E-state index in [1.807, 2.05) is 24.3 Å². The van der Waals surface area contributed by atoms with Crippen LogP contribution in [-0.4, -0.2) is 19.2 Å². The van der Waals surface area contributed by atoms with Crippen molar-refractivity contribution in [3.8, 4) is 18.1 Å². The summed E-state index contributed by atoms with van der Waals surface area (Å²) >= 11 is 0. The summed E-state index contributed by atoms with van der Waals surface area (Å²) in [5.41, 5.74) is 2.33. The Balaban J connectivity index is 1.77. The molecule has 124 valence electrons. The Morgan fingerprint density at radius 3 is 2.67 bits per heavy atom. The van der Waals surface area contributed by atoms with Crippen LogP contribution >= 0.6 is 0 Å². The number of hydrogen-bond donors (Lipinski definition) is 2. The van der Waals surface area contributed by atoms with Crippen LogP contribution in [0.2, 0.25) is 0 Å². The predicted molar refractivity (Wildman–Crippen MR) is 92.6 cm³/mol. The summed E-state index contributed by atoms with van der Waals surface area (Å²) in [6, 6.07) is 11.4. The molecule has 2 rings (SSSR count). The molecule has 0 aliphatic heterocycles. The maximum absolute atomic E-state index is 13.0. The summed E-state index contributed by atoms with van der Waals surface area (Å²) in [6.07, 6.45) is 5.82. The lowest BCUT2D eigenvalue weighted by Gasteiger charge is -2.10. The van der Waals surface area contributed by atoms with E-state index in [9.17, 15) is 9.18 Å². The molecule has 0 spiro atoms. The Bertz CT molecular complexity index is 736. The summed E-state index contributed by atoms with van der Waals surface area (Å²) in [5, 5.41) is 5.47. The van der Waals surface area contributed by atoms with Gasteiger partial charge in [0.1, 0.15) is 18.2 Å². The molecule has 0 fully saturated rings. The lowest BCUT2D eigenvalue weighted by Crippen LogP contribution is -2.30. The molecule has 0 unspecified atom stereocenters. The Morgan fingerprint density at radius 1 is 1.25 bits per heavy atom. The van der Waals surface area contributed by atoms with E-state index in [4.69, 9.17) is 11.2 Å². The number of terminal acetylenes is 1. The number of benzene rings is 2. The number of amides is 2. The quantitative estimate of drug-likeness (QED) is 0.798. The molecule has 2 amide bonds. The zero-order valence-electron chi connectivity index (χ0n) is 13.4. The average Bonchev–Trinajstić information content (AvgIpc) is 2.57. The summed E-state index contributed by atoms with van der Waals surface area (Å²) in [6.45, 7) is 2.46. The molecule has 0 atom stereocenters. The number of anilines is 1. The molecule has 0 aromatic heterocycles. The van der Waals surface area contributed by atoms with Gasteiger partial charge in [-0.15, -0.1) is 6.42 Å². The first-order chi connectivity index (χ1) is 11.6. The molecule has 24 heavy (non-hydrogen) atoms. The monoisotopic (exact) mass is 326 g/mol. The number of urea groups is 1. The number of halogens is 1. The van der Waals surface area contributed by atoms with E-state index < -0.39 is 0 Å². The molecule has 0 aliphatic carbocycles. The highest BCUT2D eigenvalue weighted by molar-refractivity contribution is 5.90. The molecular weight excluding hydrogens is 307 g/mol. The van der Waals surface area contributed by atoms with Crippen LogP contribution in [0.25, 0.3) is 0 Å². The Labute approximate surface area is 141 Å². The van der Waals surface area contributed by atoms with Crippen LogP contribution in [0.4, 0.5) is 14.9 Å². The number of aryl methyl sites for hydroxylation is 1. The fourth-order valence-corrected chi connectivity index (χ4v) is 2.13. The molecule has 2 aromatic rings. The van der Waals surface area contributed by atoms with Crippen LogP contribution in [0, 0.1) is 25.1 Å². The second kappa shape index (κ2) is 8.59. The van der Waals surface area contributed by atoms with Gasteiger partial charge in [0.2, 0.25) is 0 Å². The number of hydrogen-bond acceptors (Lipinski definition) is 2. The van der Waals surface area contributed by atoms with Gasteiger partial charge in [-0.3, -0.25) is 0 Å². The molecule has 0 saturated heterocycles. The van der Waals surface area contributed by atoms with Crippen molar-refractivity contribution in [2.24, 2.45) is 0 Å². The molecule has 5 heteroatoms. The van der Waals surface area contributed by atoms with E-state index in [0.29, 0.717) is 30.0 Å². The Kier molecular flexibility index (Phi) is 6.21. The van der Waals surface area contributed by atoms with Gasteiger partial charge in [-0.05, 0) is 54.8 Å². The van der Waals surface area contributed by atoms with Crippen LogP contribution in [0.5, 0.6) is 5.75 Å². The summed E-state index contributed by atoms with van der Waals surface area (Å²) in [5.74, 6) is 2.80. The molecule has 0 radical (unpaired) electrons. The predicted octanol–water partition coefficient (Wildman–Crippen LogP) is 3.51. The minimum absolute atomic E-state index is 0.240. The highest BCUT2D eigenvalue weighted by atomic mass is 19.1. The molecule has 0 heterocycles. The second-order valence-electron chi connectivity index (χ2n) is 5.23. The zero-order valence-corrected chi connectivity index (χ0v) is 13.4. The van der Waals surface area contributed by atoms with Crippen molar-refractivity contribution < 1.29 is 13.9 Å². The van der Waals surface area contributed by atoms with E-state index in [0.717, 1.165) is 5.56 Å². The number of carbonyl (C=O) groups is 1. The molecule has 2 N–H and O–H groups in total. The normalized spacial score (nSPS) is 9.88. The number of carbonyl (C=O) groups excluding carboxylic acids is 1. The van der Waals surface area contributed by atoms with E-state index in [1.165, 1.54) is 12.1 Å². The standard InChI is InChI=1S/C19H19FN2O2/c1-3-12-24-17-7-4-15(5-8-17)10-11-21-19(23)22-18-9-6-16(20)13-14(18)2/h1,4-9,13H,10-12H2,2H3,(H2,21,22,23). The van der Waals surface area contributed by atoms with Crippen molar-refractivity contribution in [1.29, 1.82) is 0 Å². The number of rotatable bonds is 6. The van der Waals surface area contributed by atoms with E-state index in [-0.39, 0.29) is 18.5 Å². The minimum atomic E-state index is -0.326. The van der Waals surface area contributed by atoms with Crippen molar-refractivity contribution in [1.82, 2.24) is 5.32 Å². The van der Waals surface area contributed by atoms with E-state index in [2.05, 4.69) is 16.6 Å². The van der Waals surface area contributed by atoms with E-state index in [1.54, 1.807) is 13.0 Å². The van der Waals surface area contributed by atoms with Gasteiger partial charge in [0.15, 0.2) is 0 Å². The van der Waals surface area contributed by atoms with Crippen molar-refractivity contribution in [3.63, 3.8) is 0 Å².